The number of H-pyrrole nitrogens is 2. The van der Waals surface area contributed by atoms with Gasteiger partial charge in [0.2, 0.25) is 5.88 Å². The molecule has 0 fully saturated rings. The molecule has 0 radical (unpaired) electrons. The van der Waals surface area contributed by atoms with Crippen LogP contribution in [0.3, 0.4) is 0 Å². The number of hydrogen-bond acceptors (Lipinski definition) is 3. The third kappa shape index (κ3) is 1.77. The third-order valence-corrected chi connectivity index (χ3v) is 2.16. The zero-order valence-corrected chi connectivity index (χ0v) is 7.95. The molecular weight excluding hydrogens is 194 g/mol. The minimum atomic E-state index is -0.430. The van der Waals surface area contributed by atoms with Crippen molar-refractivity contribution in [1.82, 2.24) is 9.97 Å². The molecule has 5 heteroatoms. The first-order valence-electron chi connectivity index (χ1n) is 4.51. The lowest BCUT2D eigenvalue weighted by atomic mass is 10.1. The number of aromatic nitrogens is 2. The summed E-state index contributed by atoms with van der Waals surface area (Å²) < 4.78 is 0. The Labute approximate surface area is 85.6 Å². The Morgan fingerprint density at radius 1 is 1.33 bits per heavy atom. The molecule has 1 aromatic heterocycles. The maximum absolute atomic E-state index is 10.9. The topological polar surface area (TPSA) is 94.9 Å². The fourth-order valence-electron chi connectivity index (χ4n) is 1.44. The molecule has 1 heterocycles. The summed E-state index contributed by atoms with van der Waals surface area (Å²) in [7, 11) is 0. The average molecular weight is 205 g/mol. The van der Waals surface area contributed by atoms with E-state index in [4.69, 9.17) is 5.73 Å². The summed E-state index contributed by atoms with van der Waals surface area (Å²) in [6, 6.07) is 7.31. The number of nitrogens with two attached hydrogens (primary N) is 1. The van der Waals surface area contributed by atoms with Gasteiger partial charge in [-0.25, -0.2) is 4.79 Å². The van der Waals surface area contributed by atoms with Crippen molar-refractivity contribution in [3.8, 4) is 17.1 Å². The van der Waals surface area contributed by atoms with Crippen molar-refractivity contribution in [3.05, 3.63) is 40.3 Å². The molecule has 0 aliphatic carbocycles. The van der Waals surface area contributed by atoms with E-state index >= 15 is 0 Å². The molecule has 15 heavy (non-hydrogen) atoms. The van der Waals surface area contributed by atoms with Crippen LogP contribution in [0.1, 0.15) is 5.56 Å². The maximum Gasteiger partial charge on any atom is 0.326 e. The molecule has 0 atom stereocenters. The predicted octanol–water partition coefficient (Wildman–Crippen LogP) is 0.534. The van der Waals surface area contributed by atoms with Crippen molar-refractivity contribution in [1.29, 1.82) is 0 Å². The largest absolute Gasteiger partial charge is 0.493 e. The van der Waals surface area contributed by atoms with E-state index in [1.807, 2.05) is 18.2 Å². The van der Waals surface area contributed by atoms with Gasteiger partial charge < -0.3 is 15.8 Å². The van der Waals surface area contributed by atoms with E-state index in [1.165, 1.54) is 0 Å². The van der Waals surface area contributed by atoms with Crippen LogP contribution in [0.2, 0.25) is 0 Å². The van der Waals surface area contributed by atoms with Gasteiger partial charge in [-0.2, -0.15) is 0 Å². The molecule has 0 aliphatic rings. The SMILES string of the molecule is NCc1cccc(-c2[nH]c(=O)[nH]c2O)c1. The molecule has 2 rings (SSSR count). The number of imidazole rings is 1. The monoisotopic (exact) mass is 205 g/mol. The maximum atomic E-state index is 10.9. The molecule has 5 N–H and O–H groups in total. The first-order valence-corrected chi connectivity index (χ1v) is 4.51. The molecule has 0 spiro atoms. The number of aromatic amines is 2. The van der Waals surface area contributed by atoms with Crippen LogP contribution in [0.15, 0.2) is 29.1 Å². The van der Waals surface area contributed by atoms with Gasteiger partial charge in [0.05, 0.1) is 0 Å². The zero-order valence-electron chi connectivity index (χ0n) is 7.95. The minimum absolute atomic E-state index is 0.158. The molecule has 0 saturated heterocycles. The van der Waals surface area contributed by atoms with E-state index in [1.54, 1.807) is 6.07 Å². The lowest BCUT2D eigenvalue weighted by molar-refractivity contribution is 0.457. The van der Waals surface area contributed by atoms with E-state index < -0.39 is 5.69 Å². The van der Waals surface area contributed by atoms with Crippen molar-refractivity contribution in [2.24, 2.45) is 5.73 Å². The summed E-state index contributed by atoms with van der Waals surface area (Å²) in [5.41, 5.74) is 7.12. The fourth-order valence-corrected chi connectivity index (χ4v) is 1.44. The minimum Gasteiger partial charge on any atom is -0.493 e. The summed E-state index contributed by atoms with van der Waals surface area (Å²) in [4.78, 5) is 15.7. The average Bonchev–Trinajstić information content (AvgIpc) is 2.58. The Morgan fingerprint density at radius 2 is 2.13 bits per heavy atom. The number of aromatic hydroxyl groups is 1. The van der Waals surface area contributed by atoms with Crippen molar-refractivity contribution in [3.63, 3.8) is 0 Å². The molecule has 2 aromatic rings. The van der Waals surface area contributed by atoms with Crippen LogP contribution in [-0.4, -0.2) is 15.1 Å². The van der Waals surface area contributed by atoms with E-state index in [0.29, 0.717) is 12.2 Å². The van der Waals surface area contributed by atoms with Crippen LogP contribution in [0.5, 0.6) is 5.88 Å². The van der Waals surface area contributed by atoms with Crippen LogP contribution in [0.4, 0.5) is 0 Å². The van der Waals surface area contributed by atoms with Crippen molar-refractivity contribution in [2.45, 2.75) is 6.54 Å². The quantitative estimate of drug-likeness (QED) is 0.576. The molecule has 78 valence electrons. The van der Waals surface area contributed by atoms with Crippen molar-refractivity contribution < 1.29 is 5.11 Å². The normalized spacial score (nSPS) is 10.5. The van der Waals surface area contributed by atoms with Gasteiger partial charge in [0.25, 0.3) is 0 Å². The summed E-state index contributed by atoms with van der Waals surface area (Å²) in [6.45, 7) is 0.420. The van der Waals surface area contributed by atoms with E-state index in [-0.39, 0.29) is 5.88 Å². The van der Waals surface area contributed by atoms with E-state index in [2.05, 4.69) is 9.97 Å². The van der Waals surface area contributed by atoms with Gasteiger partial charge in [-0.1, -0.05) is 18.2 Å². The van der Waals surface area contributed by atoms with E-state index in [9.17, 15) is 9.90 Å². The Bertz CT molecular complexity index is 527. The highest BCUT2D eigenvalue weighted by Crippen LogP contribution is 2.23. The number of nitrogens with one attached hydrogen (secondary N) is 2. The highest BCUT2D eigenvalue weighted by atomic mass is 16.3. The van der Waals surface area contributed by atoms with Gasteiger partial charge in [0.15, 0.2) is 0 Å². The summed E-state index contributed by atoms with van der Waals surface area (Å²) in [5, 5.41) is 9.43. The molecule has 0 bridgehead atoms. The number of hydrogen-bond donors (Lipinski definition) is 4. The standard InChI is InChI=1S/C10H11N3O2/c11-5-6-2-1-3-7(4-6)8-9(14)13-10(15)12-8/h1-4,14H,5,11H2,(H2,12,13,15). The smallest absolute Gasteiger partial charge is 0.326 e. The van der Waals surface area contributed by atoms with Gasteiger partial charge in [-0.3, -0.25) is 4.98 Å². The number of benzene rings is 1. The lowest BCUT2D eigenvalue weighted by Crippen LogP contribution is -2.00. The Hall–Kier alpha value is -2.01. The molecule has 0 saturated carbocycles. The third-order valence-electron chi connectivity index (χ3n) is 2.16. The summed E-state index contributed by atoms with van der Waals surface area (Å²) in [5.74, 6) is -0.158. The van der Waals surface area contributed by atoms with Gasteiger partial charge in [-0.05, 0) is 11.6 Å². The predicted molar refractivity (Wildman–Crippen MR) is 56.4 cm³/mol. The fraction of sp³-hybridized carbons (Fsp3) is 0.100. The molecule has 5 nitrogen and oxygen atoms in total. The number of rotatable bonds is 2. The van der Waals surface area contributed by atoms with Crippen LogP contribution in [0, 0.1) is 0 Å². The van der Waals surface area contributed by atoms with Crippen LogP contribution >= 0.6 is 0 Å². The van der Waals surface area contributed by atoms with Gasteiger partial charge in [-0.15, -0.1) is 0 Å². The van der Waals surface area contributed by atoms with Crippen molar-refractivity contribution in [2.75, 3.05) is 0 Å². The first kappa shape index (κ1) is 9.54. The lowest BCUT2D eigenvalue weighted by Gasteiger charge is -2.01. The van der Waals surface area contributed by atoms with Crippen LogP contribution < -0.4 is 11.4 Å². The van der Waals surface area contributed by atoms with Crippen LogP contribution in [0.25, 0.3) is 11.3 Å². The van der Waals surface area contributed by atoms with Gasteiger partial charge >= 0.3 is 5.69 Å². The first-order chi connectivity index (χ1) is 7.20. The van der Waals surface area contributed by atoms with Gasteiger partial charge in [0, 0.05) is 12.1 Å². The second-order valence-corrected chi connectivity index (χ2v) is 3.21. The molecule has 0 unspecified atom stereocenters. The molecule has 1 aromatic carbocycles. The Morgan fingerprint density at radius 3 is 2.73 bits per heavy atom. The molecule has 0 amide bonds. The highest BCUT2D eigenvalue weighted by molar-refractivity contribution is 5.64. The summed E-state index contributed by atoms with van der Waals surface area (Å²) >= 11 is 0. The van der Waals surface area contributed by atoms with E-state index in [0.717, 1.165) is 11.1 Å². The van der Waals surface area contributed by atoms with Crippen molar-refractivity contribution >= 4 is 0 Å². The molecule has 0 aliphatic heterocycles. The highest BCUT2D eigenvalue weighted by Gasteiger charge is 2.07. The zero-order chi connectivity index (χ0) is 10.8. The van der Waals surface area contributed by atoms with Gasteiger partial charge in [0.1, 0.15) is 5.69 Å². The van der Waals surface area contributed by atoms with Crippen LogP contribution in [-0.2, 0) is 6.54 Å². The second-order valence-electron chi connectivity index (χ2n) is 3.21. The Kier molecular flexibility index (Phi) is 2.31. The second kappa shape index (κ2) is 3.62. The summed E-state index contributed by atoms with van der Waals surface area (Å²) in [6.07, 6.45) is 0. The Balaban J connectivity index is 2.53. The molecular formula is C10H11N3O2.